The highest BCUT2D eigenvalue weighted by atomic mass is 32.2. The quantitative estimate of drug-likeness (QED) is 0.675. The Balaban J connectivity index is 1.99. The maximum Gasteiger partial charge on any atom is 0.00912 e. The summed E-state index contributed by atoms with van der Waals surface area (Å²) in [5.41, 5.74) is 0. The zero-order chi connectivity index (χ0) is 10.9. The summed E-state index contributed by atoms with van der Waals surface area (Å²) >= 11 is 1.97. The Kier molecular flexibility index (Phi) is 7.49. The Bertz CT molecular complexity index is 142. The van der Waals surface area contributed by atoms with Gasteiger partial charge >= 0.3 is 0 Å². The minimum atomic E-state index is 0.789. The minimum absolute atomic E-state index is 0.789. The zero-order valence-electron chi connectivity index (χ0n) is 10.3. The first-order chi connectivity index (χ1) is 7.36. The number of nitrogens with one attached hydrogen (secondary N) is 1. The maximum atomic E-state index is 3.55. The number of piperidine rings is 1. The minimum Gasteiger partial charge on any atom is -0.314 e. The molecule has 0 saturated carbocycles. The van der Waals surface area contributed by atoms with Crippen molar-refractivity contribution in [1.29, 1.82) is 0 Å². The van der Waals surface area contributed by atoms with E-state index in [0.29, 0.717) is 0 Å². The van der Waals surface area contributed by atoms with Gasteiger partial charge in [-0.15, -0.1) is 0 Å². The van der Waals surface area contributed by atoms with Gasteiger partial charge in [-0.2, -0.15) is 11.8 Å². The molecule has 0 amide bonds. The van der Waals surface area contributed by atoms with Crippen molar-refractivity contribution in [2.45, 2.75) is 38.6 Å². The van der Waals surface area contributed by atoms with E-state index >= 15 is 0 Å². The largest absolute Gasteiger partial charge is 0.314 e. The van der Waals surface area contributed by atoms with Crippen LogP contribution >= 0.6 is 11.8 Å². The average Bonchev–Trinajstić information content (AvgIpc) is 2.27. The summed E-state index contributed by atoms with van der Waals surface area (Å²) in [5.74, 6) is 1.33. The second kappa shape index (κ2) is 8.43. The molecule has 0 spiro atoms. The van der Waals surface area contributed by atoms with E-state index in [1.165, 1.54) is 51.1 Å². The van der Waals surface area contributed by atoms with Crippen LogP contribution in [0.4, 0.5) is 0 Å². The number of nitrogens with zero attached hydrogens (tertiary/aromatic N) is 1. The summed E-state index contributed by atoms with van der Waals surface area (Å²) in [7, 11) is 0. The molecule has 0 aromatic carbocycles. The summed E-state index contributed by atoms with van der Waals surface area (Å²) in [6.45, 7) is 7.25. The van der Waals surface area contributed by atoms with E-state index in [1.54, 1.807) is 0 Å². The van der Waals surface area contributed by atoms with Crippen molar-refractivity contribution in [2.75, 3.05) is 38.2 Å². The second-order valence-electron chi connectivity index (χ2n) is 4.37. The first-order valence-corrected chi connectivity index (χ1v) is 7.71. The average molecular weight is 230 g/mol. The van der Waals surface area contributed by atoms with Crippen molar-refractivity contribution in [2.24, 2.45) is 0 Å². The van der Waals surface area contributed by atoms with Crippen molar-refractivity contribution < 1.29 is 0 Å². The Morgan fingerprint density at radius 1 is 1.27 bits per heavy atom. The van der Waals surface area contributed by atoms with Gasteiger partial charge in [0.25, 0.3) is 0 Å². The van der Waals surface area contributed by atoms with Crippen LogP contribution in [-0.2, 0) is 0 Å². The standard InChI is InChI=1S/C12H26N2S/c1-3-13-12-6-9-14(10-7-12)8-4-5-11-15-2/h12-13H,3-11H2,1-2H3. The van der Waals surface area contributed by atoms with Crippen LogP contribution in [0, 0.1) is 0 Å². The summed E-state index contributed by atoms with van der Waals surface area (Å²) in [6.07, 6.45) is 7.65. The van der Waals surface area contributed by atoms with Crippen molar-refractivity contribution in [1.82, 2.24) is 10.2 Å². The number of thioether (sulfide) groups is 1. The highest BCUT2D eigenvalue weighted by Crippen LogP contribution is 2.11. The van der Waals surface area contributed by atoms with E-state index in [9.17, 15) is 0 Å². The molecule has 1 rings (SSSR count). The van der Waals surface area contributed by atoms with Crippen LogP contribution in [0.5, 0.6) is 0 Å². The molecule has 0 unspecified atom stereocenters. The fourth-order valence-corrected chi connectivity index (χ4v) is 2.72. The highest BCUT2D eigenvalue weighted by Gasteiger charge is 2.17. The lowest BCUT2D eigenvalue weighted by molar-refractivity contribution is 0.197. The smallest absolute Gasteiger partial charge is 0.00912 e. The molecule has 0 aromatic rings. The molecule has 2 nitrogen and oxygen atoms in total. The van der Waals surface area contributed by atoms with E-state index < -0.39 is 0 Å². The van der Waals surface area contributed by atoms with Gasteiger partial charge in [-0.3, -0.25) is 0 Å². The second-order valence-corrected chi connectivity index (χ2v) is 5.36. The van der Waals surface area contributed by atoms with E-state index in [-0.39, 0.29) is 0 Å². The molecule has 1 N–H and O–H groups in total. The van der Waals surface area contributed by atoms with Crippen LogP contribution in [0.3, 0.4) is 0 Å². The lowest BCUT2D eigenvalue weighted by atomic mass is 10.0. The molecule has 1 aliphatic heterocycles. The van der Waals surface area contributed by atoms with Gasteiger partial charge in [0.2, 0.25) is 0 Å². The van der Waals surface area contributed by atoms with Gasteiger partial charge in [0, 0.05) is 6.04 Å². The summed E-state index contributed by atoms with van der Waals surface area (Å²) < 4.78 is 0. The number of hydrogen-bond acceptors (Lipinski definition) is 3. The predicted molar refractivity (Wildman–Crippen MR) is 70.8 cm³/mol. The van der Waals surface area contributed by atoms with E-state index in [0.717, 1.165) is 12.6 Å². The summed E-state index contributed by atoms with van der Waals surface area (Å²) in [4.78, 5) is 2.63. The van der Waals surface area contributed by atoms with Crippen LogP contribution < -0.4 is 5.32 Å². The topological polar surface area (TPSA) is 15.3 Å². The predicted octanol–water partition coefficient (Wildman–Crippen LogP) is 2.20. The molecule has 0 atom stereocenters. The molecular formula is C12H26N2S. The third-order valence-electron chi connectivity index (χ3n) is 3.15. The molecule has 0 aromatic heterocycles. The fourth-order valence-electron chi connectivity index (χ4n) is 2.23. The fraction of sp³-hybridized carbons (Fsp3) is 1.00. The molecule has 15 heavy (non-hydrogen) atoms. The molecule has 90 valence electrons. The van der Waals surface area contributed by atoms with Crippen LogP contribution in [0.1, 0.15) is 32.6 Å². The van der Waals surface area contributed by atoms with Crippen LogP contribution in [0.15, 0.2) is 0 Å². The highest BCUT2D eigenvalue weighted by molar-refractivity contribution is 7.98. The molecule has 1 aliphatic rings. The van der Waals surface area contributed by atoms with E-state index in [2.05, 4.69) is 23.4 Å². The van der Waals surface area contributed by atoms with Gasteiger partial charge in [-0.1, -0.05) is 6.92 Å². The maximum absolute atomic E-state index is 3.55. The number of unbranched alkanes of at least 4 members (excludes halogenated alkanes) is 1. The van der Waals surface area contributed by atoms with Crippen molar-refractivity contribution in [3.8, 4) is 0 Å². The van der Waals surface area contributed by atoms with Crippen molar-refractivity contribution in [3.05, 3.63) is 0 Å². The number of hydrogen-bond donors (Lipinski definition) is 1. The Morgan fingerprint density at radius 2 is 2.00 bits per heavy atom. The van der Waals surface area contributed by atoms with Gasteiger partial charge in [-0.25, -0.2) is 0 Å². The number of likely N-dealkylation sites (tertiary alicyclic amines) is 1. The molecule has 0 aliphatic carbocycles. The Morgan fingerprint density at radius 3 is 2.60 bits per heavy atom. The van der Waals surface area contributed by atoms with Gasteiger partial charge in [0.1, 0.15) is 0 Å². The lowest BCUT2D eigenvalue weighted by Gasteiger charge is -2.32. The van der Waals surface area contributed by atoms with Crippen LogP contribution in [-0.4, -0.2) is 49.1 Å². The first-order valence-electron chi connectivity index (χ1n) is 6.31. The van der Waals surface area contributed by atoms with Gasteiger partial charge in [0.15, 0.2) is 0 Å². The first kappa shape index (κ1) is 13.3. The third kappa shape index (κ3) is 5.79. The monoisotopic (exact) mass is 230 g/mol. The lowest BCUT2D eigenvalue weighted by Crippen LogP contribution is -2.42. The molecule has 3 heteroatoms. The molecule has 0 radical (unpaired) electrons. The zero-order valence-corrected chi connectivity index (χ0v) is 11.1. The molecule has 0 bridgehead atoms. The summed E-state index contributed by atoms with van der Waals surface area (Å²) in [6, 6.07) is 0.789. The molecular weight excluding hydrogens is 204 g/mol. The van der Waals surface area contributed by atoms with Gasteiger partial charge in [-0.05, 0) is 63.9 Å². The Labute approximate surface area is 99.2 Å². The number of rotatable bonds is 7. The normalized spacial score (nSPS) is 19.6. The van der Waals surface area contributed by atoms with Crippen LogP contribution in [0.2, 0.25) is 0 Å². The van der Waals surface area contributed by atoms with Crippen LogP contribution in [0.25, 0.3) is 0 Å². The molecule has 1 heterocycles. The third-order valence-corrected chi connectivity index (χ3v) is 3.85. The van der Waals surface area contributed by atoms with E-state index in [1.807, 2.05) is 11.8 Å². The van der Waals surface area contributed by atoms with E-state index in [4.69, 9.17) is 0 Å². The molecule has 1 saturated heterocycles. The van der Waals surface area contributed by atoms with Gasteiger partial charge in [0.05, 0.1) is 0 Å². The Hall–Kier alpha value is 0.270. The molecule has 1 fully saturated rings. The van der Waals surface area contributed by atoms with Crippen molar-refractivity contribution in [3.63, 3.8) is 0 Å². The SMILES string of the molecule is CCNC1CCN(CCCCSC)CC1. The van der Waals surface area contributed by atoms with Crippen molar-refractivity contribution >= 4 is 11.8 Å². The summed E-state index contributed by atoms with van der Waals surface area (Å²) in [5, 5.41) is 3.55. The van der Waals surface area contributed by atoms with Gasteiger partial charge < -0.3 is 10.2 Å².